The number of anilines is 1. The van der Waals surface area contributed by atoms with Crippen LogP contribution in [0.1, 0.15) is 13.3 Å². The quantitative estimate of drug-likeness (QED) is 0.612. The van der Waals surface area contributed by atoms with Crippen molar-refractivity contribution in [2.24, 2.45) is 10.9 Å². The maximum atomic E-state index is 12.6. The summed E-state index contributed by atoms with van der Waals surface area (Å²) in [5.41, 5.74) is 1.24. The van der Waals surface area contributed by atoms with Gasteiger partial charge in [0.25, 0.3) is 0 Å². The molecule has 0 aliphatic carbocycles. The molecule has 0 spiro atoms. The van der Waals surface area contributed by atoms with Crippen LogP contribution in [0, 0.1) is 5.92 Å². The fraction of sp³-hybridized carbons (Fsp3) is 0.650. The van der Waals surface area contributed by atoms with Gasteiger partial charge in [-0.25, -0.2) is 0 Å². The van der Waals surface area contributed by atoms with E-state index in [1.807, 2.05) is 13.0 Å². The van der Waals surface area contributed by atoms with Gasteiger partial charge >= 0.3 is 6.18 Å². The monoisotopic (exact) mass is 397 g/mol. The number of benzene rings is 1. The van der Waals surface area contributed by atoms with Gasteiger partial charge in [-0.1, -0.05) is 18.2 Å². The molecule has 1 atom stereocenters. The lowest BCUT2D eigenvalue weighted by atomic mass is 10.1. The normalized spacial score (nSPS) is 22.0. The van der Waals surface area contributed by atoms with Crippen molar-refractivity contribution < 1.29 is 13.2 Å². The first-order valence-electron chi connectivity index (χ1n) is 10.1. The number of nitrogens with one attached hydrogen (secondary N) is 1. The number of alkyl halides is 3. The summed E-state index contributed by atoms with van der Waals surface area (Å²) >= 11 is 0. The maximum absolute atomic E-state index is 12.6. The largest absolute Gasteiger partial charge is 0.401 e. The van der Waals surface area contributed by atoms with E-state index < -0.39 is 12.7 Å². The lowest BCUT2D eigenvalue weighted by Gasteiger charge is -2.37. The summed E-state index contributed by atoms with van der Waals surface area (Å²) < 4.78 is 37.7. The van der Waals surface area contributed by atoms with E-state index in [4.69, 9.17) is 4.99 Å². The lowest BCUT2D eigenvalue weighted by Crippen LogP contribution is -2.52. The van der Waals surface area contributed by atoms with Gasteiger partial charge in [-0.2, -0.15) is 13.2 Å². The van der Waals surface area contributed by atoms with E-state index in [1.54, 1.807) is 0 Å². The van der Waals surface area contributed by atoms with Gasteiger partial charge in [-0.15, -0.1) is 0 Å². The van der Waals surface area contributed by atoms with Crippen molar-refractivity contribution in [1.29, 1.82) is 0 Å². The van der Waals surface area contributed by atoms with Gasteiger partial charge in [0, 0.05) is 51.5 Å². The third kappa shape index (κ3) is 6.02. The molecule has 0 amide bonds. The third-order valence-corrected chi connectivity index (χ3v) is 5.31. The number of para-hydroxylation sites is 1. The van der Waals surface area contributed by atoms with Crippen LogP contribution >= 0.6 is 0 Å². The van der Waals surface area contributed by atoms with Crippen molar-refractivity contribution in [3.05, 3.63) is 30.3 Å². The fourth-order valence-electron chi connectivity index (χ4n) is 3.92. The van der Waals surface area contributed by atoms with Crippen LogP contribution in [0.2, 0.25) is 0 Å². The van der Waals surface area contributed by atoms with Crippen LogP contribution in [0.25, 0.3) is 0 Å². The van der Waals surface area contributed by atoms with E-state index in [9.17, 15) is 13.2 Å². The molecular formula is C20H30F3N5. The van der Waals surface area contributed by atoms with Gasteiger partial charge in [-0.05, 0) is 37.9 Å². The van der Waals surface area contributed by atoms with E-state index in [-0.39, 0.29) is 5.92 Å². The zero-order valence-corrected chi connectivity index (χ0v) is 16.5. The van der Waals surface area contributed by atoms with Gasteiger partial charge in [0.05, 0.1) is 6.54 Å². The standard InChI is InChI=1S/C20H30F3N5/c1-2-24-19(25-14-17-8-9-26(15-17)16-20(21,22)23)28-12-10-27(11-13-28)18-6-4-3-5-7-18/h3-7,17H,2,8-16H2,1H3,(H,24,25). The predicted molar refractivity (Wildman–Crippen MR) is 107 cm³/mol. The Balaban J connectivity index is 1.51. The van der Waals surface area contributed by atoms with Gasteiger partial charge in [0.2, 0.25) is 0 Å². The van der Waals surface area contributed by atoms with Crippen LogP contribution in [0.15, 0.2) is 35.3 Å². The molecule has 2 fully saturated rings. The SMILES string of the molecule is CCNC(=NCC1CCN(CC(F)(F)F)C1)N1CCN(c2ccccc2)CC1. The number of likely N-dealkylation sites (tertiary alicyclic amines) is 1. The van der Waals surface area contributed by atoms with Crippen molar-refractivity contribution in [2.45, 2.75) is 19.5 Å². The molecule has 1 aromatic rings. The minimum atomic E-state index is -4.12. The Hall–Kier alpha value is -1.96. The second kappa shape index (κ2) is 9.49. The minimum absolute atomic E-state index is 0.196. The molecule has 28 heavy (non-hydrogen) atoms. The van der Waals surface area contributed by atoms with E-state index in [0.29, 0.717) is 19.6 Å². The molecule has 0 radical (unpaired) electrons. The smallest absolute Gasteiger partial charge is 0.368 e. The van der Waals surface area contributed by atoms with Crippen LogP contribution < -0.4 is 10.2 Å². The minimum Gasteiger partial charge on any atom is -0.368 e. The molecule has 2 heterocycles. The van der Waals surface area contributed by atoms with E-state index in [0.717, 1.165) is 45.1 Å². The van der Waals surface area contributed by atoms with E-state index >= 15 is 0 Å². The number of guanidine groups is 1. The number of rotatable bonds is 5. The summed E-state index contributed by atoms with van der Waals surface area (Å²) in [5.74, 6) is 1.08. The topological polar surface area (TPSA) is 34.1 Å². The number of hydrogen-bond donors (Lipinski definition) is 1. The Kier molecular flexibility index (Phi) is 7.04. The Labute approximate surface area is 165 Å². The molecule has 156 valence electrons. The Morgan fingerprint density at radius 2 is 1.82 bits per heavy atom. The van der Waals surface area contributed by atoms with Crippen LogP contribution in [0.5, 0.6) is 0 Å². The first kappa shape index (κ1) is 20.8. The highest BCUT2D eigenvalue weighted by Gasteiger charge is 2.34. The van der Waals surface area contributed by atoms with Crippen molar-refractivity contribution in [3.63, 3.8) is 0 Å². The number of aliphatic imine (C=N–C) groups is 1. The molecule has 1 unspecified atom stereocenters. The molecular weight excluding hydrogens is 367 g/mol. The highest BCUT2D eigenvalue weighted by molar-refractivity contribution is 5.80. The molecule has 2 aliphatic rings. The highest BCUT2D eigenvalue weighted by Crippen LogP contribution is 2.23. The molecule has 2 saturated heterocycles. The first-order valence-corrected chi connectivity index (χ1v) is 10.1. The van der Waals surface area contributed by atoms with Crippen molar-refractivity contribution >= 4 is 11.6 Å². The lowest BCUT2D eigenvalue weighted by molar-refractivity contribution is -0.143. The molecule has 8 heteroatoms. The van der Waals surface area contributed by atoms with Gasteiger partial charge in [0.1, 0.15) is 0 Å². The van der Waals surface area contributed by atoms with Crippen LogP contribution in [-0.4, -0.2) is 80.8 Å². The Bertz CT molecular complexity index is 626. The van der Waals surface area contributed by atoms with E-state index in [2.05, 4.69) is 39.4 Å². The molecule has 1 aromatic carbocycles. The second-order valence-electron chi connectivity index (χ2n) is 7.51. The average molecular weight is 397 g/mol. The second-order valence-corrected chi connectivity index (χ2v) is 7.51. The number of piperazine rings is 1. The summed E-state index contributed by atoms with van der Waals surface area (Å²) in [7, 11) is 0. The zero-order valence-electron chi connectivity index (χ0n) is 16.5. The summed E-state index contributed by atoms with van der Waals surface area (Å²) in [6.45, 7) is 7.19. The average Bonchev–Trinajstić information content (AvgIpc) is 3.11. The van der Waals surface area contributed by atoms with Crippen LogP contribution in [0.4, 0.5) is 18.9 Å². The van der Waals surface area contributed by atoms with Crippen molar-refractivity contribution in [3.8, 4) is 0 Å². The number of halogens is 3. The first-order chi connectivity index (χ1) is 13.4. The molecule has 1 N–H and O–H groups in total. The highest BCUT2D eigenvalue weighted by atomic mass is 19.4. The van der Waals surface area contributed by atoms with E-state index in [1.165, 1.54) is 10.6 Å². The molecule has 5 nitrogen and oxygen atoms in total. The summed E-state index contributed by atoms with van der Waals surface area (Å²) in [6, 6.07) is 10.4. The fourth-order valence-corrected chi connectivity index (χ4v) is 3.92. The number of hydrogen-bond acceptors (Lipinski definition) is 3. The summed E-state index contributed by atoms with van der Waals surface area (Å²) in [6.07, 6.45) is -3.34. The van der Waals surface area contributed by atoms with Crippen molar-refractivity contribution in [1.82, 2.24) is 15.1 Å². The van der Waals surface area contributed by atoms with Gasteiger partial charge < -0.3 is 15.1 Å². The predicted octanol–water partition coefficient (Wildman–Crippen LogP) is 2.66. The maximum Gasteiger partial charge on any atom is 0.401 e. The molecule has 0 saturated carbocycles. The molecule has 0 aromatic heterocycles. The molecule has 3 rings (SSSR count). The van der Waals surface area contributed by atoms with Crippen molar-refractivity contribution in [2.75, 3.05) is 63.8 Å². The summed E-state index contributed by atoms with van der Waals surface area (Å²) in [5, 5.41) is 3.34. The van der Waals surface area contributed by atoms with Crippen LogP contribution in [0.3, 0.4) is 0 Å². The zero-order chi connectivity index (χ0) is 20.0. The Morgan fingerprint density at radius 1 is 1.11 bits per heavy atom. The van der Waals surface area contributed by atoms with Gasteiger partial charge in [-0.3, -0.25) is 9.89 Å². The third-order valence-electron chi connectivity index (χ3n) is 5.31. The molecule has 0 bridgehead atoms. The molecule has 2 aliphatic heterocycles. The van der Waals surface area contributed by atoms with Crippen LogP contribution in [-0.2, 0) is 0 Å². The number of nitrogens with zero attached hydrogens (tertiary/aromatic N) is 4. The summed E-state index contributed by atoms with van der Waals surface area (Å²) in [4.78, 5) is 10.9. The Morgan fingerprint density at radius 3 is 2.46 bits per heavy atom. The van der Waals surface area contributed by atoms with Gasteiger partial charge in [0.15, 0.2) is 5.96 Å².